The Labute approximate surface area is 634 Å². The van der Waals surface area contributed by atoms with Gasteiger partial charge < -0.3 is 20.1 Å². The molecule has 0 heterocycles. The zero-order valence-electron chi connectivity index (χ0n) is 66.2. The summed E-state index contributed by atoms with van der Waals surface area (Å²) in [5.74, 6) is -0.823. The number of phosphoric ester groups is 1. The zero-order chi connectivity index (χ0) is 74.3. The zero-order valence-corrected chi connectivity index (χ0v) is 67.1. The maximum absolute atomic E-state index is 12.8. The second-order valence-corrected chi connectivity index (χ2v) is 29.0. The number of carbonyl (C=O) groups is 2. The predicted octanol–water partition coefficient (Wildman–Crippen LogP) is 29.0. The van der Waals surface area contributed by atoms with Gasteiger partial charge in [0, 0.05) is 19.4 Å². The summed E-state index contributed by atoms with van der Waals surface area (Å²) in [6.45, 7) is 3.54. The number of esters is 2. The van der Waals surface area contributed by atoms with Crippen molar-refractivity contribution in [2.24, 2.45) is 5.73 Å². The molecule has 9 nitrogen and oxygen atoms in total. The molecule has 0 aromatic heterocycles. The summed E-state index contributed by atoms with van der Waals surface area (Å²) >= 11 is 0. The van der Waals surface area contributed by atoms with Crippen molar-refractivity contribution in [3.05, 3.63) is 182 Å². The Balaban J connectivity index is 3.83. The maximum atomic E-state index is 12.8. The fourth-order valence-electron chi connectivity index (χ4n) is 11.6. The smallest absolute Gasteiger partial charge is 0.462 e. The van der Waals surface area contributed by atoms with E-state index in [1.165, 1.54) is 193 Å². The molecule has 0 aliphatic carbocycles. The Morgan fingerprint density at radius 3 is 0.748 bits per heavy atom. The summed E-state index contributed by atoms with van der Waals surface area (Å²) in [6, 6.07) is 0. The molecule has 103 heavy (non-hydrogen) atoms. The third-order valence-corrected chi connectivity index (χ3v) is 18.8. The van der Waals surface area contributed by atoms with E-state index in [-0.39, 0.29) is 38.6 Å². The van der Waals surface area contributed by atoms with Crippen LogP contribution in [0.1, 0.15) is 361 Å². The van der Waals surface area contributed by atoms with Gasteiger partial charge in [0.2, 0.25) is 0 Å². The minimum Gasteiger partial charge on any atom is -0.462 e. The normalized spacial score (nSPS) is 13.8. The van der Waals surface area contributed by atoms with E-state index in [0.717, 1.165) is 135 Å². The molecule has 0 fully saturated rings. The second-order valence-electron chi connectivity index (χ2n) is 27.6. The van der Waals surface area contributed by atoms with Crippen molar-refractivity contribution in [3.8, 4) is 0 Å². The Bertz CT molecular complexity index is 2360. The second kappa shape index (κ2) is 86.0. The fourth-order valence-corrected chi connectivity index (χ4v) is 12.4. The number of allylic oxidation sites excluding steroid dienone is 30. The minimum absolute atomic E-state index is 0.0484. The van der Waals surface area contributed by atoms with Crippen LogP contribution in [0.25, 0.3) is 0 Å². The molecule has 0 saturated carbocycles. The number of ether oxygens (including phenoxy) is 2. The van der Waals surface area contributed by atoms with E-state index in [9.17, 15) is 19.0 Å². The maximum Gasteiger partial charge on any atom is 0.472 e. The van der Waals surface area contributed by atoms with Crippen molar-refractivity contribution in [2.45, 2.75) is 367 Å². The highest BCUT2D eigenvalue weighted by Crippen LogP contribution is 2.43. The van der Waals surface area contributed by atoms with Gasteiger partial charge in [-0.2, -0.15) is 0 Å². The molecule has 0 spiro atoms. The van der Waals surface area contributed by atoms with Gasteiger partial charge in [-0.1, -0.05) is 395 Å². The Morgan fingerprint density at radius 1 is 0.291 bits per heavy atom. The standard InChI is InChI=1S/C93H156NO8P/c1-3-5-7-9-11-13-15-17-19-21-23-25-27-29-31-33-35-37-39-41-43-45-47-49-51-53-55-57-59-61-63-65-67-69-71-73-75-77-79-81-83-85-92(95)99-89-91(90-101-103(97,98)100-88-87-94)102-93(96)86-84-82-80-78-76-74-72-70-68-66-64-62-60-58-56-54-52-50-48-46-44-42-40-38-36-34-32-30-28-26-24-22-20-18-16-14-12-10-8-6-4-2/h5-8,11-14,17-20,23-26,29-32,35-38,42,44,48,50,54,56,91H,3-4,9-10,15-16,21-22,27-28,33-34,39-41,43,45-47,49,51-53,55,57-90,94H2,1-2H3,(H,97,98)/b7-5-,8-6-,13-11-,14-12-,19-17-,20-18-,25-23-,26-24-,31-29-,32-30-,37-35-,38-36-,44-42-,50-48-,56-54-. The molecular formula is C93H156NO8P. The first-order valence-corrected chi connectivity index (χ1v) is 43.8. The van der Waals surface area contributed by atoms with Crippen molar-refractivity contribution >= 4 is 19.8 Å². The quantitative estimate of drug-likeness (QED) is 0.0264. The van der Waals surface area contributed by atoms with E-state index in [1.54, 1.807) is 0 Å². The van der Waals surface area contributed by atoms with E-state index in [2.05, 4.69) is 196 Å². The van der Waals surface area contributed by atoms with Crippen molar-refractivity contribution in [1.82, 2.24) is 0 Å². The van der Waals surface area contributed by atoms with Crippen LogP contribution < -0.4 is 5.73 Å². The minimum atomic E-state index is -4.41. The summed E-state index contributed by atoms with van der Waals surface area (Å²) in [6.07, 6.45) is 129. The molecule has 2 unspecified atom stereocenters. The van der Waals surface area contributed by atoms with Crippen molar-refractivity contribution in [1.29, 1.82) is 0 Å². The van der Waals surface area contributed by atoms with Gasteiger partial charge in [-0.25, -0.2) is 4.57 Å². The van der Waals surface area contributed by atoms with Gasteiger partial charge in [-0.3, -0.25) is 18.6 Å². The Hall–Kier alpha value is -4.89. The summed E-state index contributed by atoms with van der Waals surface area (Å²) < 4.78 is 33.3. The third-order valence-electron chi connectivity index (χ3n) is 17.8. The molecule has 0 aliphatic heterocycles. The molecule has 0 aromatic carbocycles. The van der Waals surface area contributed by atoms with Crippen molar-refractivity contribution in [2.75, 3.05) is 26.4 Å². The number of hydrogen-bond donors (Lipinski definition) is 2. The molecule has 0 saturated heterocycles. The van der Waals surface area contributed by atoms with Gasteiger partial charge in [0.05, 0.1) is 13.2 Å². The van der Waals surface area contributed by atoms with E-state index in [1.807, 2.05) is 0 Å². The average molecular weight is 1450 g/mol. The van der Waals surface area contributed by atoms with Gasteiger partial charge in [0.1, 0.15) is 6.61 Å². The summed E-state index contributed by atoms with van der Waals surface area (Å²) in [4.78, 5) is 35.5. The fraction of sp³-hybridized carbons (Fsp3) is 0.656. The molecule has 0 aliphatic rings. The topological polar surface area (TPSA) is 134 Å². The van der Waals surface area contributed by atoms with E-state index in [4.69, 9.17) is 24.3 Å². The molecular weight excluding hydrogens is 1290 g/mol. The van der Waals surface area contributed by atoms with Gasteiger partial charge in [-0.15, -0.1) is 0 Å². The molecule has 3 N–H and O–H groups in total. The van der Waals surface area contributed by atoms with Crippen LogP contribution in [0.5, 0.6) is 0 Å². The van der Waals surface area contributed by atoms with Crippen molar-refractivity contribution < 1.29 is 37.6 Å². The van der Waals surface area contributed by atoms with Crippen LogP contribution in [0.15, 0.2) is 182 Å². The van der Waals surface area contributed by atoms with Crippen molar-refractivity contribution in [3.63, 3.8) is 0 Å². The third kappa shape index (κ3) is 85.9. The molecule has 0 rings (SSSR count). The average Bonchev–Trinajstić information content (AvgIpc) is 0.970. The first-order valence-electron chi connectivity index (χ1n) is 42.3. The number of phosphoric acid groups is 1. The number of carbonyl (C=O) groups excluding carboxylic acids is 2. The van der Waals surface area contributed by atoms with Crippen LogP contribution in [0.2, 0.25) is 0 Å². The Kier molecular flexibility index (Phi) is 81.9. The summed E-state index contributed by atoms with van der Waals surface area (Å²) in [5, 5.41) is 0. The Morgan fingerprint density at radius 2 is 0.505 bits per heavy atom. The van der Waals surface area contributed by atoms with Crippen LogP contribution in [0, 0.1) is 0 Å². The number of nitrogens with two attached hydrogens (primary N) is 1. The van der Waals surface area contributed by atoms with E-state index < -0.39 is 26.5 Å². The van der Waals surface area contributed by atoms with Gasteiger partial charge >= 0.3 is 19.8 Å². The highest BCUT2D eigenvalue weighted by atomic mass is 31.2. The number of hydrogen-bond acceptors (Lipinski definition) is 8. The molecule has 586 valence electrons. The number of unbranched alkanes of at least 4 members (excludes halogenated alkanes) is 35. The lowest BCUT2D eigenvalue weighted by Crippen LogP contribution is -2.29. The first kappa shape index (κ1) is 98.1. The lowest BCUT2D eigenvalue weighted by molar-refractivity contribution is -0.161. The first-order chi connectivity index (χ1) is 50.8. The highest BCUT2D eigenvalue weighted by Gasteiger charge is 2.26. The van der Waals surface area contributed by atoms with Crippen LogP contribution >= 0.6 is 7.82 Å². The molecule has 0 aromatic rings. The van der Waals surface area contributed by atoms with Crippen LogP contribution in [-0.2, 0) is 32.7 Å². The summed E-state index contributed by atoms with van der Waals surface area (Å²) in [5.41, 5.74) is 5.42. The van der Waals surface area contributed by atoms with Gasteiger partial charge in [-0.05, 0) is 135 Å². The molecule has 0 bridgehead atoms. The molecule has 0 radical (unpaired) electrons. The van der Waals surface area contributed by atoms with Crippen LogP contribution in [0.3, 0.4) is 0 Å². The highest BCUT2D eigenvalue weighted by molar-refractivity contribution is 7.47. The molecule has 2 atom stereocenters. The number of rotatable bonds is 78. The molecule has 10 heteroatoms. The van der Waals surface area contributed by atoms with Gasteiger partial charge in [0.25, 0.3) is 0 Å². The SMILES string of the molecule is CC/C=C\C/C=C\C/C=C\C/C=C\C/C=C\C/C=C\C/C=C\C/C=C\C/C=C\CCCCCCCCCCCCCCCC(=O)OC(COC(=O)CCCCCCCCCCCCCCCCCCCCCCCC/C=C\C/C=C\C/C=C\C/C=C\C/C=C\C/C=C\CC)COP(=O)(O)OCCN. The largest absolute Gasteiger partial charge is 0.472 e. The van der Waals surface area contributed by atoms with Crippen LogP contribution in [-0.4, -0.2) is 49.3 Å². The van der Waals surface area contributed by atoms with Crippen LogP contribution in [0.4, 0.5) is 0 Å². The lowest BCUT2D eigenvalue weighted by atomic mass is 10.0. The molecule has 0 amide bonds. The summed E-state index contributed by atoms with van der Waals surface area (Å²) in [7, 11) is -4.41. The monoisotopic (exact) mass is 1450 g/mol. The van der Waals surface area contributed by atoms with E-state index in [0.29, 0.717) is 6.42 Å². The van der Waals surface area contributed by atoms with E-state index >= 15 is 0 Å². The van der Waals surface area contributed by atoms with Gasteiger partial charge in [0.15, 0.2) is 6.10 Å². The lowest BCUT2D eigenvalue weighted by Gasteiger charge is -2.19. The predicted molar refractivity (Wildman–Crippen MR) is 449 cm³/mol.